The monoisotopic (exact) mass is 518 g/mol. The zero-order valence-electron chi connectivity index (χ0n) is 22.3. The van der Waals surface area contributed by atoms with E-state index in [0.29, 0.717) is 26.1 Å². The number of nitrogens with one attached hydrogen (secondary N) is 1. The third-order valence-electron chi connectivity index (χ3n) is 6.70. The highest BCUT2D eigenvalue weighted by Crippen LogP contribution is 2.28. The molecule has 4 rings (SSSR count). The molecule has 1 N–H and O–H groups in total. The molecule has 1 aliphatic rings. The molecule has 0 saturated carbocycles. The Bertz CT molecular complexity index is 1300. The second-order valence-corrected chi connectivity index (χ2v) is 9.52. The van der Waals surface area contributed by atoms with Crippen LogP contribution >= 0.6 is 0 Å². The van der Waals surface area contributed by atoms with Gasteiger partial charge in [0.05, 0.1) is 19.8 Å². The number of fused-ring (bicyclic) bond motifs is 1. The molecule has 0 fully saturated rings. The van der Waals surface area contributed by atoms with Gasteiger partial charge in [-0.15, -0.1) is 0 Å². The van der Waals surface area contributed by atoms with Crippen molar-refractivity contribution in [2.24, 2.45) is 0 Å². The first-order chi connectivity index (χ1) is 18.2. The van der Waals surface area contributed by atoms with Crippen molar-refractivity contribution in [1.82, 2.24) is 20.0 Å². The normalized spacial score (nSPS) is 16.6. The molecule has 1 aliphatic heterocycles. The van der Waals surface area contributed by atoms with Crippen LogP contribution in [-0.2, 0) is 29.0 Å². The van der Waals surface area contributed by atoms with Crippen LogP contribution in [-0.4, -0.2) is 57.8 Å². The number of benzene rings is 2. The topological polar surface area (TPSA) is 103 Å². The SMILES string of the molecule is CCOC(=O)c1cc2n(n1)CC(C)(C(=O)NCc1ccc(C)cc1)N(CCc1ccc(OCC)cc1)C2=O. The number of aryl methyl sites for hydroxylation is 1. The number of ether oxygens (including phenoxy) is 2. The molecule has 1 unspecified atom stereocenters. The van der Waals surface area contributed by atoms with Gasteiger partial charge in [0.15, 0.2) is 5.69 Å². The van der Waals surface area contributed by atoms with E-state index in [1.807, 2.05) is 62.4 Å². The second kappa shape index (κ2) is 11.5. The molecule has 0 radical (unpaired) electrons. The van der Waals surface area contributed by atoms with Gasteiger partial charge in [-0.3, -0.25) is 14.3 Å². The predicted molar refractivity (Wildman–Crippen MR) is 142 cm³/mol. The zero-order valence-corrected chi connectivity index (χ0v) is 22.3. The van der Waals surface area contributed by atoms with Gasteiger partial charge in [-0.1, -0.05) is 42.0 Å². The largest absolute Gasteiger partial charge is 0.494 e. The minimum atomic E-state index is -1.22. The fourth-order valence-corrected chi connectivity index (χ4v) is 4.53. The highest BCUT2D eigenvalue weighted by atomic mass is 16.5. The lowest BCUT2D eigenvalue weighted by Crippen LogP contribution is -2.64. The summed E-state index contributed by atoms with van der Waals surface area (Å²) < 4.78 is 12.0. The van der Waals surface area contributed by atoms with Crippen LogP contribution in [0.25, 0.3) is 0 Å². The van der Waals surface area contributed by atoms with Crippen LogP contribution in [0.2, 0.25) is 0 Å². The van der Waals surface area contributed by atoms with Gasteiger partial charge in [-0.05, 0) is 57.4 Å². The Morgan fingerprint density at radius 2 is 1.71 bits per heavy atom. The smallest absolute Gasteiger partial charge is 0.358 e. The lowest BCUT2D eigenvalue weighted by atomic mass is 9.94. The van der Waals surface area contributed by atoms with Crippen molar-refractivity contribution >= 4 is 17.8 Å². The van der Waals surface area contributed by atoms with Gasteiger partial charge in [-0.2, -0.15) is 5.10 Å². The number of rotatable bonds is 10. The summed E-state index contributed by atoms with van der Waals surface area (Å²) in [5.41, 5.74) is 2.18. The molecule has 1 aromatic heterocycles. The van der Waals surface area contributed by atoms with Crippen LogP contribution in [0.1, 0.15) is 58.4 Å². The summed E-state index contributed by atoms with van der Waals surface area (Å²) in [7, 11) is 0. The summed E-state index contributed by atoms with van der Waals surface area (Å²) in [5.74, 6) is -0.482. The van der Waals surface area contributed by atoms with Crippen molar-refractivity contribution in [1.29, 1.82) is 0 Å². The Kier molecular flexibility index (Phi) is 8.14. The maximum Gasteiger partial charge on any atom is 0.358 e. The van der Waals surface area contributed by atoms with Crippen LogP contribution in [0.5, 0.6) is 5.75 Å². The molecule has 2 heterocycles. The molecular weight excluding hydrogens is 484 g/mol. The summed E-state index contributed by atoms with van der Waals surface area (Å²) in [6.07, 6.45) is 0.540. The Morgan fingerprint density at radius 1 is 1.03 bits per heavy atom. The number of carbonyl (C=O) groups excluding carboxylic acids is 3. The molecule has 3 aromatic rings. The van der Waals surface area contributed by atoms with Crippen LogP contribution in [0.3, 0.4) is 0 Å². The van der Waals surface area contributed by atoms with Crippen LogP contribution in [0.4, 0.5) is 0 Å². The third kappa shape index (κ3) is 5.72. The Balaban J connectivity index is 1.59. The highest BCUT2D eigenvalue weighted by Gasteiger charge is 2.48. The summed E-state index contributed by atoms with van der Waals surface area (Å²) in [6, 6.07) is 17.0. The average molecular weight is 519 g/mol. The predicted octanol–water partition coefficient (Wildman–Crippen LogP) is 3.54. The van der Waals surface area contributed by atoms with E-state index in [-0.39, 0.29) is 36.4 Å². The number of hydrogen-bond donors (Lipinski definition) is 1. The van der Waals surface area contributed by atoms with Crippen LogP contribution < -0.4 is 10.1 Å². The van der Waals surface area contributed by atoms with E-state index in [2.05, 4.69) is 10.4 Å². The van der Waals surface area contributed by atoms with Gasteiger partial charge >= 0.3 is 5.97 Å². The van der Waals surface area contributed by atoms with Crippen LogP contribution in [0, 0.1) is 6.92 Å². The summed E-state index contributed by atoms with van der Waals surface area (Å²) >= 11 is 0. The van der Waals surface area contributed by atoms with Gasteiger partial charge in [0.25, 0.3) is 5.91 Å². The summed E-state index contributed by atoms with van der Waals surface area (Å²) in [4.78, 5) is 41.2. The summed E-state index contributed by atoms with van der Waals surface area (Å²) in [6.45, 7) is 8.90. The van der Waals surface area contributed by atoms with E-state index in [4.69, 9.17) is 9.47 Å². The van der Waals surface area contributed by atoms with E-state index in [9.17, 15) is 14.4 Å². The first-order valence-corrected chi connectivity index (χ1v) is 12.9. The Labute approximate surface area is 222 Å². The number of carbonyl (C=O) groups is 3. The second-order valence-electron chi connectivity index (χ2n) is 9.52. The van der Waals surface area contributed by atoms with Crippen molar-refractivity contribution in [2.45, 2.75) is 52.7 Å². The third-order valence-corrected chi connectivity index (χ3v) is 6.70. The number of esters is 1. The van der Waals surface area contributed by atoms with E-state index < -0.39 is 11.5 Å². The maximum atomic E-state index is 13.7. The van der Waals surface area contributed by atoms with Gasteiger partial charge in [0.2, 0.25) is 5.91 Å². The van der Waals surface area contributed by atoms with Crippen molar-refractivity contribution in [2.75, 3.05) is 19.8 Å². The number of aromatic nitrogens is 2. The van der Waals surface area contributed by atoms with Crippen molar-refractivity contribution in [3.05, 3.63) is 82.7 Å². The van der Waals surface area contributed by atoms with Crippen molar-refractivity contribution in [3.8, 4) is 5.75 Å². The van der Waals surface area contributed by atoms with E-state index in [0.717, 1.165) is 22.4 Å². The molecule has 2 amide bonds. The maximum absolute atomic E-state index is 13.7. The molecule has 0 bridgehead atoms. The zero-order chi connectivity index (χ0) is 27.3. The molecule has 0 spiro atoms. The van der Waals surface area contributed by atoms with E-state index >= 15 is 0 Å². The Morgan fingerprint density at radius 3 is 2.37 bits per heavy atom. The minimum absolute atomic E-state index is 0.0472. The lowest BCUT2D eigenvalue weighted by Gasteiger charge is -2.43. The van der Waals surface area contributed by atoms with Crippen molar-refractivity contribution < 1.29 is 23.9 Å². The van der Waals surface area contributed by atoms with Crippen molar-refractivity contribution in [3.63, 3.8) is 0 Å². The molecule has 200 valence electrons. The number of nitrogens with zero attached hydrogens (tertiary/aromatic N) is 3. The van der Waals surface area contributed by atoms with E-state index in [1.54, 1.807) is 18.7 Å². The molecule has 38 heavy (non-hydrogen) atoms. The molecule has 2 aromatic carbocycles. The van der Waals surface area contributed by atoms with Gasteiger partial charge in [0, 0.05) is 19.2 Å². The van der Waals surface area contributed by atoms with Crippen LogP contribution in [0.15, 0.2) is 54.6 Å². The minimum Gasteiger partial charge on any atom is -0.494 e. The molecule has 1 atom stereocenters. The highest BCUT2D eigenvalue weighted by molar-refractivity contribution is 6.01. The van der Waals surface area contributed by atoms with Gasteiger partial charge in [0.1, 0.15) is 17.0 Å². The quantitative estimate of drug-likeness (QED) is 0.412. The molecule has 0 aliphatic carbocycles. The fraction of sp³-hybridized carbons (Fsp3) is 0.379. The molecule has 9 heteroatoms. The molecule has 0 saturated heterocycles. The first kappa shape index (κ1) is 26.9. The standard InChI is InChI=1S/C29H34N4O5/c1-5-37-23-13-11-21(12-14-23)15-16-32-26(34)25-17-24(27(35)38-6-2)31-33(25)19-29(32,4)28(36)30-18-22-9-7-20(3)8-10-22/h7-14,17H,5-6,15-16,18-19H2,1-4H3,(H,30,36). The summed E-state index contributed by atoms with van der Waals surface area (Å²) in [5, 5.41) is 7.30. The first-order valence-electron chi connectivity index (χ1n) is 12.9. The molecule has 9 nitrogen and oxygen atoms in total. The lowest BCUT2D eigenvalue weighted by molar-refractivity contribution is -0.133. The fourth-order valence-electron chi connectivity index (χ4n) is 4.53. The van der Waals surface area contributed by atoms with Gasteiger partial charge in [-0.25, -0.2) is 4.79 Å². The number of amides is 2. The van der Waals surface area contributed by atoms with Gasteiger partial charge < -0.3 is 19.7 Å². The molecular formula is C29H34N4O5. The van der Waals surface area contributed by atoms with E-state index in [1.165, 1.54) is 10.7 Å². The average Bonchev–Trinajstić information content (AvgIpc) is 3.33. The number of hydrogen-bond acceptors (Lipinski definition) is 6. The Hall–Kier alpha value is -4.14.